The third kappa shape index (κ3) is 5.92. The lowest BCUT2D eigenvalue weighted by atomic mass is 10.0. The van der Waals surface area contributed by atoms with Crippen LogP contribution < -0.4 is 18.9 Å². The van der Waals surface area contributed by atoms with Gasteiger partial charge in [-0.05, 0) is 72.5 Å². The van der Waals surface area contributed by atoms with Crippen LogP contribution >= 0.6 is 0 Å². The third-order valence-corrected chi connectivity index (χ3v) is 4.98. The number of hydrogen-bond donors (Lipinski definition) is 0. The largest absolute Gasteiger partial charge is 0.493 e. The Hall–Kier alpha value is -4.24. The standard InChI is InChI=1S/C27H25NO5/c1-18-6-5-7-19(2)27(18)32-17-26(29)33-23-11-8-20(9-12-23)14-22(16-28)21-10-13-24(30-3)25(15-21)31-4/h5-15H,17H2,1-4H3/b22-14-. The lowest BCUT2D eigenvalue weighted by Gasteiger charge is -2.11. The molecule has 3 aromatic carbocycles. The van der Waals surface area contributed by atoms with E-state index in [1.807, 2.05) is 32.0 Å². The number of aryl methyl sites for hydroxylation is 2. The molecule has 168 valence electrons. The SMILES string of the molecule is COc1ccc(/C(C#N)=C\c2ccc(OC(=O)COc3c(C)cccc3C)cc2)cc1OC. The van der Waals surface area contributed by atoms with Crippen LogP contribution in [0.4, 0.5) is 0 Å². The molecule has 0 atom stereocenters. The van der Waals surface area contributed by atoms with Gasteiger partial charge in [-0.15, -0.1) is 0 Å². The van der Waals surface area contributed by atoms with E-state index in [-0.39, 0.29) is 6.61 Å². The van der Waals surface area contributed by atoms with E-state index in [1.165, 1.54) is 0 Å². The fourth-order valence-corrected chi connectivity index (χ4v) is 3.30. The maximum Gasteiger partial charge on any atom is 0.349 e. The lowest BCUT2D eigenvalue weighted by molar-refractivity contribution is -0.136. The van der Waals surface area contributed by atoms with Crippen molar-refractivity contribution in [3.8, 4) is 29.1 Å². The minimum atomic E-state index is -0.496. The average Bonchev–Trinajstić information content (AvgIpc) is 2.82. The van der Waals surface area contributed by atoms with E-state index in [4.69, 9.17) is 18.9 Å². The predicted octanol–water partition coefficient (Wildman–Crippen LogP) is 5.37. The van der Waals surface area contributed by atoms with E-state index < -0.39 is 5.97 Å². The molecule has 0 spiro atoms. The van der Waals surface area contributed by atoms with Gasteiger partial charge in [0.2, 0.25) is 0 Å². The minimum Gasteiger partial charge on any atom is -0.493 e. The zero-order valence-corrected chi connectivity index (χ0v) is 19.0. The zero-order valence-electron chi connectivity index (χ0n) is 19.0. The first-order valence-electron chi connectivity index (χ1n) is 10.3. The topological polar surface area (TPSA) is 77.8 Å². The fourth-order valence-electron chi connectivity index (χ4n) is 3.30. The van der Waals surface area contributed by atoms with Gasteiger partial charge in [0.1, 0.15) is 11.5 Å². The van der Waals surface area contributed by atoms with Crippen LogP contribution in [-0.2, 0) is 4.79 Å². The van der Waals surface area contributed by atoms with Crippen molar-refractivity contribution in [1.82, 2.24) is 0 Å². The number of esters is 1. The molecule has 0 saturated carbocycles. The quantitative estimate of drug-likeness (QED) is 0.202. The summed E-state index contributed by atoms with van der Waals surface area (Å²) in [4.78, 5) is 12.2. The van der Waals surface area contributed by atoms with Crippen LogP contribution in [0, 0.1) is 25.2 Å². The maximum absolute atomic E-state index is 12.2. The molecule has 3 aromatic rings. The summed E-state index contributed by atoms with van der Waals surface area (Å²) in [6.07, 6.45) is 1.75. The maximum atomic E-state index is 12.2. The molecule has 0 saturated heterocycles. The van der Waals surface area contributed by atoms with Gasteiger partial charge in [0.05, 0.1) is 25.9 Å². The van der Waals surface area contributed by atoms with Gasteiger partial charge < -0.3 is 18.9 Å². The fraction of sp³-hybridized carbons (Fsp3) is 0.185. The number of para-hydroxylation sites is 1. The van der Waals surface area contributed by atoms with Gasteiger partial charge in [-0.1, -0.05) is 30.3 Å². The molecule has 0 aliphatic rings. The molecule has 0 aliphatic carbocycles. The molecule has 3 rings (SSSR count). The molecule has 0 N–H and O–H groups in total. The highest BCUT2D eigenvalue weighted by Gasteiger charge is 2.11. The second-order valence-electron chi connectivity index (χ2n) is 7.29. The van der Waals surface area contributed by atoms with Crippen molar-refractivity contribution in [2.24, 2.45) is 0 Å². The molecule has 0 fully saturated rings. The lowest BCUT2D eigenvalue weighted by Crippen LogP contribution is -2.18. The molecule has 0 aromatic heterocycles. The zero-order chi connectivity index (χ0) is 23.8. The van der Waals surface area contributed by atoms with E-state index in [2.05, 4.69) is 6.07 Å². The molecule has 0 heterocycles. The molecule has 0 unspecified atom stereocenters. The van der Waals surface area contributed by atoms with Crippen molar-refractivity contribution in [3.63, 3.8) is 0 Å². The average molecular weight is 443 g/mol. The number of ether oxygens (including phenoxy) is 4. The van der Waals surface area contributed by atoms with Crippen LogP contribution in [0.25, 0.3) is 11.6 Å². The Labute approximate surface area is 193 Å². The van der Waals surface area contributed by atoms with Crippen LogP contribution in [0.1, 0.15) is 22.3 Å². The van der Waals surface area contributed by atoms with Crippen molar-refractivity contribution >= 4 is 17.6 Å². The first-order chi connectivity index (χ1) is 15.9. The first-order valence-corrected chi connectivity index (χ1v) is 10.3. The summed E-state index contributed by atoms with van der Waals surface area (Å²) in [5.74, 6) is 1.72. The summed E-state index contributed by atoms with van der Waals surface area (Å²) in [6.45, 7) is 3.67. The first kappa shape index (κ1) is 23.4. The molecular formula is C27H25NO5. The number of allylic oxidation sites excluding steroid dienone is 1. The summed E-state index contributed by atoms with van der Waals surface area (Å²) in [7, 11) is 3.10. The Bertz CT molecular complexity index is 1190. The summed E-state index contributed by atoms with van der Waals surface area (Å²) >= 11 is 0. The normalized spacial score (nSPS) is 10.8. The summed E-state index contributed by atoms with van der Waals surface area (Å²) < 4.78 is 21.6. The number of rotatable bonds is 8. The highest BCUT2D eigenvalue weighted by molar-refractivity contribution is 5.90. The molecular weight excluding hydrogens is 418 g/mol. The number of benzene rings is 3. The molecule has 0 bridgehead atoms. The number of nitrogens with zero attached hydrogens (tertiary/aromatic N) is 1. The molecule has 0 radical (unpaired) electrons. The van der Waals surface area contributed by atoms with Crippen LogP contribution in [0.3, 0.4) is 0 Å². The van der Waals surface area contributed by atoms with Gasteiger partial charge in [-0.25, -0.2) is 4.79 Å². The number of carbonyl (C=O) groups excluding carboxylic acids is 1. The molecule has 6 heteroatoms. The Morgan fingerprint density at radius 3 is 2.21 bits per heavy atom. The highest BCUT2D eigenvalue weighted by atomic mass is 16.6. The van der Waals surface area contributed by atoms with Gasteiger partial charge in [0, 0.05) is 0 Å². The van der Waals surface area contributed by atoms with Crippen molar-refractivity contribution in [2.75, 3.05) is 20.8 Å². The van der Waals surface area contributed by atoms with E-state index in [0.717, 1.165) is 16.7 Å². The number of carbonyl (C=O) groups is 1. The van der Waals surface area contributed by atoms with E-state index in [1.54, 1.807) is 62.8 Å². The molecule has 33 heavy (non-hydrogen) atoms. The monoisotopic (exact) mass is 443 g/mol. The summed E-state index contributed by atoms with van der Waals surface area (Å²) in [5, 5.41) is 9.62. The van der Waals surface area contributed by atoms with Crippen molar-refractivity contribution in [2.45, 2.75) is 13.8 Å². The van der Waals surface area contributed by atoms with Gasteiger partial charge in [0.15, 0.2) is 18.1 Å². The highest BCUT2D eigenvalue weighted by Crippen LogP contribution is 2.31. The molecule has 0 amide bonds. The number of methoxy groups -OCH3 is 2. The van der Waals surface area contributed by atoms with Crippen LogP contribution in [-0.4, -0.2) is 26.8 Å². The van der Waals surface area contributed by atoms with Gasteiger partial charge in [-0.3, -0.25) is 0 Å². The van der Waals surface area contributed by atoms with Crippen molar-refractivity contribution in [3.05, 3.63) is 82.9 Å². The minimum absolute atomic E-state index is 0.189. The summed E-state index contributed by atoms with van der Waals surface area (Å²) in [5.41, 5.74) is 3.87. The smallest absolute Gasteiger partial charge is 0.349 e. The van der Waals surface area contributed by atoms with Gasteiger partial charge >= 0.3 is 5.97 Å². The number of hydrogen-bond acceptors (Lipinski definition) is 6. The summed E-state index contributed by atoms with van der Waals surface area (Å²) in [6, 6.07) is 20.2. The van der Waals surface area contributed by atoms with Crippen molar-refractivity contribution in [1.29, 1.82) is 5.26 Å². The van der Waals surface area contributed by atoms with Gasteiger partial charge in [0.25, 0.3) is 0 Å². The van der Waals surface area contributed by atoms with Crippen LogP contribution in [0.5, 0.6) is 23.0 Å². The van der Waals surface area contributed by atoms with E-state index >= 15 is 0 Å². The Morgan fingerprint density at radius 2 is 1.61 bits per heavy atom. The van der Waals surface area contributed by atoms with Crippen LogP contribution in [0.2, 0.25) is 0 Å². The van der Waals surface area contributed by atoms with Crippen molar-refractivity contribution < 1.29 is 23.7 Å². The Morgan fingerprint density at radius 1 is 0.939 bits per heavy atom. The molecule has 6 nitrogen and oxygen atoms in total. The van der Waals surface area contributed by atoms with E-state index in [9.17, 15) is 10.1 Å². The third-order valence-electron chi connectivity index (χ3n) is 4.98. The second kappa shape index (κ2) is 10.9. The number of nitriles is 1. The van der Waals surface area contributed by atoms with Gasteiger partial charge in [-0.2, -0.15) is 5.26 Å². The van der Waals surface area contributed by atoms with E-state index in [0.29, 0.717) is 34.1 Å². The second-order valence-corrected chi connectivity index (χ2v) is 7.29. The molecule has 0 aliphatic heterocycles. The Balaban J connectivity index is 1.67. The predicted molar refractivity (Wildman–Crippen MR) is 127 cm³/mol. The van der Waals surface area contributed by atoms with Crippen LogP contribution in [0.15, 0.2) is 60.7 Å². The Kier molecular flexibility index (Phi) is 7.72.